The number of hydrogen-bond donors (Lipinski definition) is 1. The largest absolute Gasteiger partial charge is 0.481 e. The number of rotatable bonds is 6. The summed E-state index contributed by atoms with van der Waals surface area (Å²) in [5.41, 5.74) is 0. The third-order valence-corrected chi connectivity index (χ3v) is 1.98. The molecule has 13 heavy (non-hydrogen) atoms. The fraction of sp³-hybridized carbons (Fsp3) is 0.800. The molecule has 0 rings (SSSR count). The first-order valence-corrected chi connectivity index (χ1v) is 4.67. The normalized spacial score (nSPS) is 12.5. The average Bonchev–Trinajstić information content (AvgIpc) is 2.04. The maximum Gasteiger partial charge on any atom is 0.303 e. The second kappa shape index (κ2) is 6.47. The number of carboxylic acids is 1. The molecule has 0 aliphatic heterocycles. The fourth-order valence-corrected chi connectivity index (χ4v) is 1.11. The lowest BCUT2D eigenvalue weighted by molar-refractivity contribution is -0.137. The van der Waals surface area contributed by atoms with Crippen LogP contribution >= 0.6 is 0 Å². The van der Waals surface area contributed by atoms with Gasteiger partial charge in [0.15, 0.2) is 0 Å². The van der Waals surface area contributed by atoms with Crippen molar-refractivity contribution in [3.8, 4) is 6.07 Å². The van der Waals surface area contributed by atoms with Gasteiger partial charge in [0.05, 0.1) is 6.07 Å². The van der Waals surface area contributed by atoms with E-state index in [9.17, 15) is 4.79 Å². The number of hydrogen-bond acceptors (Lipinski definition) is 2. The zero-order valence-corrected chi connectivity index (χ0v) is 8.29. The summed E-state index contributed by atoms with van der Waals surface area (Å²) in [6.07, 6.45) is 2.41. The summed E-state index contributed by atoms with van der Waals surface area (Å²) >= 11 is 0. The molecule has 74 valence electrons. The predicted molar refractivity (Wildman–Crippen MR) is 50.0 cm³/mol. The monoisotopic (exact) mass is 183 g/mol. The van der Waals surface area contributed by atoms with E-state index in [1.54, 1.807) is 0 Å². The number of nitrogens with zero attached hydrogens (tertiary/aromatic N) is 1. The van der Waals surface area contributed by atoms with Crippen LogP contribution in [-0.4, -0.2) is 11.1 Å². The Kier molecular flexibility index (Phi) is 5.96. The molecule has 0 radical (unpaired) electrons. The van der Waals surface area contributed by atoms with E-state index in [1.165, 1.54) is 0 Å². The van der Waals surface area contributed by atoms with Crippen LogP contribution in [0.3, 0.4) is 0 Å². The Balaban J connectivity index is 3.65. The standard InChI is InChI=1S/C10H17NO2/c1-8(2)3-4-9(7-11)5-6-10(12)13/h8-9H,3-6H2,1-2H3,(H,12,13). The fourth-order valence-electron chi connectivity index (χ4n) is 1.11. The van der Waals surface area contributed by atoms with Crippen LogP contribution in [0, 0.1) is 23.2 Å². The summed E-state index contributed by atoms with van der Waals surface area (Å²) in [5, 5.41) is 17.1. The van der Waals surface area contributed by atoms with Gasteiger partial charge >= 0.3 is 5.97 Å². The van der Waals surface area contributed by atoms with Gasteiger partial charge in [0, 0.05) is 12.3 Å². The first-order chi connectivity index (χ1) is 6.06. The van der Waals surface area contributed by atoms with Crippen molar-refractivity contribution in [2.45, 2.75) is 39.5 Å². The molecule has 0 spiro atoms. The van der Waals surface area contributed by atoms with Crippen LogP contribution in [0.15, 0.2) is 0 Å². The van der Waals surface area contributed by atoms with Crippen LogP contribution in [0.25, 0.3) is 0 Å². The lowest BCUT2D eigenvalue weighted by atomic mass is 9.95. The Morgan fingerprint density at radius 1 is 1.38 bits per heavy atom. The molecule has 0 saturated carbocycles. The quantitative estimate of drug-likeness (QED) is 0.687. The Morgan fingerprint density at radius 3 is 2.38 bits per heavy atom. The summed E-state index contributed by atoms with van der Waals surface area (Å²) < 4.78 is 0. The molecule has 3 heteroatoms. The van der Waals surface area contributed by atoms with Gasteiger partial charge in [0.1, 0.15) is 0 Å². The van der Waals surface area contributed by atoms with E-state index >= 15 is 0 Å². The van der Waals surface area contributed by atoms with E-state index in [0.29, 0.717) is 12.3 Å². The summed E-state index contributed by atoms with van der Waals surface area (Å²) in [4.78, 5) is 10.2. The van der Waals surface area contributed by atoms with Gasteiger partial charge in [-0.15, -0.1) is 0 Å². The molecule has 0 aromatic heterocycles. The second-order valence-corrected chi connectivity index (χ2v) is 3.73. The number of aliphatic carboxylic acids is 1. The molecular weight excluding hydrogens is 166 g/mol. The first kappa shape index (κ1) is 12.0. The molecule has 1 atom stereocenters. The van der Waals surface area contributed by atoms with Gasteiger partial charge in [0.25, 0.3) is 0 Å². The molecule has 0 aromatic carbocycles. The zero-order chi connectivity index (χ0) is 10.3. The van der Waals surface area contributed by atoms with E-state index in [2.05, 4.69) is 19.9 Å². The van der Waals surface area contributed by atoms with Gasteiger partial charge in [-0.1, -0.05) is 13.8 Å². The number of carbonyl (C=O) groups is 1. The van der Waals surface area contributed by atoms with E-state index in [4.69, 9.17) is 10.4 Å². The Morgan fingerprint density at radius 2 is 2.00 bits per heavy atom. The number of carboxylic acid groups (broad SMARTS) is 1. The van der Waals surface area contributed by atoms with E-state index < -0.39 is 5.97 Å². The maximum atomic E-state index is 10.2. The van der Waals surface area contributed by atoms with E-state index in [1.807, 2.05) is 0 Å². The van der Waals surface area contributed by atoms with E-state index in [0.717, 1.165) is 12.8 Å². The van der Waals surface area contributed by atoms with Crippen LogP contribution in [0.2, 0.25) is 0 Å². The van der Waals surface area contributed by atoms with Crippen molar-refractivity contribution in [2.75, 3.05) is 0 Å². The molecule has 0 aliphatic rings. The highest BCUT2D eigenvalue weighted by atomic mass is 16.4. The minimum Gasteiger partial charge on any atom is -0.481 e. The third kappa shape index (κ3) is 7.32. The molecule has 0 saturated heterocycles. The van der Waals surface area contributed by atoms with Crippen molar-refractivity contribution in [1.29, 1.82) is 5.26 Å². The van der Waals surface area contributed by atoms with Crippen molar-refractivity contribution in [3.63, 3.8) is 0 Å². The van der Waals surface area contributed by atoms with Gasteiger partial charge in [-0.2, -0.15) is 5.26 Å². The zero-order valence-electron chi connectivity index (χ0n) is 8.29. The van der Waals surface area contributed by atoms with Crippen molar-refractivity contribution < 1.29 is 9.90 Å². The molecule has 1 unspecified atom stereocenters. The summed E-state index contributed by atoms with van der Waals surface area (Å²) in [7, 11) is 0. The molecule has 0 heterocycles. The Hall–Kier alpha value is -1.04. The van der Waals surface area contributed by atoms with Gasteiger partial charge < -0.3 is 5.11 Å². The highest BCUT2D eigenvalue weighted by molar-refractivity contribution is 5.66. The van der Waals surface area contributed by atoms with Crippen LogP contribution in [0.4, 0.5) is 0 Å². The van der Waals surface area contributed by atoms with Crippen molar-refractivity contribution in [1.82, 2.24) is 0 Å². The second-order valence-electron chi connectivity index (χ2n) is 3.73. The van der Waals surface area contributed by atoms with Crippen LogP contribution in [-0.2, 0) is 4.79 Å². The minimum absolute atomic E-state index is 0.0847. The van der Waals surface area contributed by atoms with Crippen molar-refractivity contribution >= 4 is 5.97 Å². The highest BCUT2D eigenvalue weighted by Gasteiger charge is 2.10. The first-order valence-electron chi connectivity index (χ1n) is 4.67. The lowest BCUT2D eigenvalue weighted by Gasteiger charge is -2.08. The van der Waals surface area contributed by atoms with Crippen LogP contribution in [0.1, 0.15) is 39.5 Å². The summed E-state index contributed by atoms with van der Waals surface area (Å²) in [6, 6.07) is 2.15. The van der Waals surface area contributed by atoms with Crippen molar-refractivity contribution in [3.05, 3.63) is 0 Å². The van der Waals surface area contributed by atoms with Gasteiger partial charge in [-0.3, -0.25) is 4.79 Å². The Labute approximate surface area is 79.4 Å². The lowest BCUT2D eigenvalue weighted by Crippen LogP contribution is -2.04. The topological polar surface area (TPSA) is 61.1 Å². The smallest absolute Gasteiger partial charge is 0.303 e. The summed E-state index contributed by atoms with van der Waals surface area (Å²) in [6.45, 7) is 4.21. The van der Waals surface area contributed by atoms with E-state index in [-0.39, 0.29) is 12.3 Å². The van der Waals surface area contributed by atoms with Gasteiger partial charge in [-0.05, 0) is 25.2 Å². The molecule has 0 fully saturated rings. The molecular formula is C10H17NO2. The average molecular weight is 183 g/mol. The van der Waals surface area contributed by atoms with Crippen LogP contribution in [0.5, 0.6) is 0 Å². The molecule has 0 bridgehead atoms. The molecule has 1 N–H and O–H groups in total. The predicted octanol–water partition coefficient (Wildman–Crippen LogP) is 2.43. The summed E-state index contributed by atoms with van der Waals surface area (Å²) in [5.74, 6) is -0.316. The Bertz CT molecular complexity index is 194. The maximum absolute atomic E-state index is 10.2. The molecule has 0 amide bonds. The molecule has 3 nitrogen and oxygen atoms in total. The van der Waals surface area contributed by atoms with Crippen LogP contribution < -0.4 is 0 Å². The van der Waals surface area contributed by atoms with Gasteiger partial charge in [-0.25, -0.2) is 0 Å². The number of nitriles is 1. The SMILES string of the molecule is CC(C)CCC(C#N)CCC(=O)O. The third-order valence-electron chi connectivity index (χ3n) is 1.98. The molecule has 0 aliphatic carbocycles. The van der Waals surface area contributed by atoms with Crippen molar-refractivity contribution in [2.24, 2.45) is 11.8 Å². The minimum atomic E-state index is -0.815. The van der Waals surface area contributed by atoms with Gasteiger partial charge in [0.2, 0.25) is 0 Å². The molecule has 0 aromatic rings. The highest BCUT2D eigenvalue weighted by Crippen LogP contribution is 2.16.